The van der Waals surface area contributed by atoms with E-state index in [1.54, 1.807) is 36.4 Å². The summed E-state index contributed by atoms with van der Waals surface area (Å²) in [5.74, 6) is -2.11. The first-order chi connectivity index (χ1) is 14.8. The molecule has 0 aliphatic carbocycles. The number of amides is 1. The van der Waals surface area contributed by atoms with Crippen molar-refractivity contribution in [1.29, 1.82) is 0 Å². The molecule has 3 rings (SSSR count). The summed E-state index contributed by atoms with van der Waals surface area (Å²) >= 11 is 7.34. The highest BCUT2D eigenvalue weighted by Gasteiger charge is 2.32. The number of nitrogens with zero attached hydrogens (tertiary/aromatic N) is 2. The number of amidine groups is 1. The fraction of sp³-hybridized carbons (Fsp3) is 0.143. The van der Waals surface area contributed by atoms with Crippen LogP contribution in [0.4, 0.5) is 5.69 Å². The minimum Gasteiger partial charge on any atom is -0.480 e. The smallest absolute Gasteiger partial charge is 0.341 e. The van der Waals surface area contributed by atoms with Crippen molar-refractivity contribution in [1.82, 2.24) is 4.90 Å². The SMILES string of the molecule is CCN1C(=O)/C(=C/c2ccc(OCC(=O)O)c(Cl)c2)SC1=Nc1ccc(C(=O)O)cc1. The highest BCUT2D eigenvalue weighted by atomic mass is 35.5. The van der Waals surface area contributed by atoms with Crippen LogP contribution in [0.5, 0.6) is 5.75 Å². The predicted octanol–water partition coefficient (Wildman–Crippen LogP) is 4.13. The van der Waals surface area contributed by atoms with Crippen LogP contribution < -0.4 is 4.74 Å². The standard InChI is InChI=1S/C21H17ClN2O6S/c1-2-24-19(27)17(10-12-3-8-16(15(22)9-12)30-11-18(25)26)31-21(24)23-14-6-4-13(5-7-14)20(28)29/h3-10H,2,11H2,1H3,(H,25,26)(H,28,29)/b17-10-,23-21?. The van der Waals surface area contributed by atoms with Crippen LogP contribution in [0, 0.1) is 0 Å². The van der Waals surface area contributed by atoms with Crippen molar-refractivity contribution < 1.29 is 29.3 Å². The molecule has 160 valence electrons. The number of likely N-dealkylation sites (N-methyl/N-ethyl adjacent to an activating group) is 1. The van der Waals surface area contributed by atoms with Gasteiger partial charge in [-0.1, -0.05) is 17.7 Å². The quantitative estimate of drug-likeness (QED) is 0.596. The lowest BCUT2D eigenvalue weighted by atomic mass is 10.2. The van der Waals surface area contributed by atoms with Gasteiger partial charge in [0.1, 0.15) is 5.75 Å². The zero-order chi connectivity index (χ0) is 22.5. The monoisotopic (exact) mass is 460 g/mol. The van der Waals surface area contributed by atoms with Gasteiger partial charge in [0.05, 0.1) is 21.2 Å². The van der Waals surface area contributed by atoms with Crippen molar-refractivity contribution in [2.45, 2.75) is 6.92 Å². The Kier molecular flexibility index (Phi) is 6.98. The van der Waals surface area contributed by atoms with Gasteiger partial charge < -0.3 is 14.9 Å². The summed E-state index contributed by atoms with van der Waals surface area (Å²) in [5, 5.41) is 18.4. The molecule has 2 aromatic carbocycles. The molecular weight excluding hydrogens is 444 g/mol. The van der Waals surface area contributed by atoms with Gasteiger partial charge in [-0.2, -0.15) is 0 Å². The summed E-state index contributed by atoms with van der Waals surface area (Å²) in [6.45, 7) is 1.74. The number of aliphatic imine (C=N–C) groups is 1. The molecule has 1 fully saturated rings. The molecule has 0 atom stereocenters. The van der Waals surface area contributed by atoms with E-state index in [2.05, 4.69) is 4.99 Å². The normalized spacial score (nSPS) is 16.2. The van der Waals surface area contributed by atoms with E-state index in [1.165, 1.54) is 28.8 Å². The van der Waals surface area contributed by atoms with Crippen molar-refractivity contribution in [2.24, 2.45) is 4.99 Å². The molecule has 0 saturated carbocycles. The van der Waals surface area contributed by atoms with Gasteiger partial charge in [0.2, 0.25) is 0 Å². The molecule has 31 heavy (non-hydrogen) atoms. The second-order valence-electron chi connectivity index (χ2n) is 6.28. The van der Waals surface area contributed by atoms with Gasteiger partial charge in [0.15, 0.2) is 11.8 Å². The summed E-state index contributed by atoms with van der Waals surface area (Å²) < 4.78 is 5.10. The Morgan fingerprint density at radius 2 is 1.90 bits per heavy atom. The average Bonchev–Trinajstić information content (AvgIpc) is 3.01. The van der Waals surface area contributed by atoms with Gasteiger partial charge in [0.25, 0.3) is 5.91 Å². The number of hydrogen-bond donors (Lipinski definition) is 2. The van der Waals surface area contributed by atoms with E-state index >= 15 is 0 Å². The highest BCUT2D eigenvalue weighted by molar-refractivity contribution is 8.18. The molecule has 8 nitrogen and oxygen atoms in total. The van der Waals surface area contributed by atoms with Gasteiger partial charge in [-0.3, -0.25) is 9.69 Å². The molecule has 1 aliphatic heterocycles. The molecule has 0 radical (unpaired) electrons. The molecular formula is C21H17ClN2O6S. The van der Waals surface area contributed by atoms with Crippen molar-refractivity contribution in [3.63, 3.8) is 0 Å². The first kappa shape index (κ1) is 22.4. The Hall–Kier alpha value is -3.30. The molecule has 1 saturated heterocycles. The van der Waals surface area contributed by atoms with E-state index in [0.717, 1.165) is 0 Å². The number of hydrogen-bond acceptors (Lipinski definition) is 6. The van der Waals surface area contributed by atoms with E-state index in [0.29, 0.717) is 27.9 Å². The minimum absolute atomic E-state index is 0.152. The lowest BCUT2D eigenvalue weighted by Gasteiger charge is -2.12. The van der Waals surface area contributed by atoms with E-state index < -0.39 is 18.5 Å². The Bertz CT molecular complexity index is 1100. The second kappa shape index (κ2) is 9.67. The third-order valence-corrected chi connectivity index (χ3v) is 5.45. The van der Waals surface area contributed by atoms with Crippen LogP contribution >= 0.6 is 23.4 Å². The summed E-state index contributed by atoms with van der Waals surface area (Å²) in [5.41, 5.74) is 1.33. The number of thioether (sulfide) groups is 1. The van der Waals surface area contributed by atoms with Crippen LogP contribution in [-0.4, -0.2) is 51.3 Å². The van der Waals surface area contributed by atoms with Crippen molar-refractivity contribution in [3.05, 3.63) is 63.5 Å². The number of carbonyl (C=O) groups excluding carboxylic acids is 1. The molecule has 1 aliphatic rings. The fourth-order valence-electron chi connectivity index (χ4n) is 2.67. The molecule has 10 heteroatoms. The maximum Gasteiger partial charge on any atom is 0.341 e. The molecule has 0 unspecified atom stereocenters. The van der Waals surface area contributed by atoms with E-state index in [-0.39, 0.29) is 22.2 Å². The molecule has 0 spiro atoms. The van der Waals surface area contributed by atoms with Crippen molar-refractivity contribution >= 4 is 58.1 Å². The van der Waals surface area contributed by atoms with Gasteiger partial charge >= 0.3 is 11.9 Å². The Balaban J connectivity index is 1.83. The minimum atomic E-state index is -1.11. The first-order valence-electron chi connectivity index (χ1n) is 9.06. The molecule has 2 N–H and O–H groups in total. The first-order valence-corrected chi connectivity index (χ1v) is 10.3. The molecule has 1 heterocycles. The van der Waals surface area contributed by atoms with Crippen LogP contribution in [0.25, 0.3) is 6.08 Å². The largest absolute Gasteiger partial charge is 0.480 e. The summed E-state index contributed by atoms with van der Waals surface area (Å²) in [6.07, 6.45) is 1.67. The number of rotatable bonds is 7. The van der Waals surface area contributed by atoms with Crippen molar-refractivity contribution in [3.8, 4) is 5.75 Å². The van der Waals surface area contributed by atoms with Gasteiger partial charge in [-0.25, -0.2) is 14.6 Å². The van der Waals surface area contributed by atoms with Crippen LogP contribution in [0.3, 0.4) is 0 Å². The van der Waals surface area contributed by atoms with E-state index in [1.807, 2.05) is 6.92 Å². The van der Waals surface area contributed by atoms with Gasteiger partial charge in [-0.05, 0) is 66.7 Å². The zero-order valence-corrected chi connectivity index (χ0v) is 17.8. The fourth-order valence-corrected chi connectivity index (χ4v) is 3.98. The highest BCUT2D eigenvalue weighted by Crippen LogP contribution is 2.35. The topological polar surface area (TPSA) is 117 Å². The van der Waals surface area contributed by atoms with Crippen molar-refractivity contribution in [2.75, 3.05) is 13.2 Å². The van der Waals surface area contributed by atoms with Crippen LogP contribution in [0.2, 0.25) is 5.02 Å². The van der Waals surface area contributed by atoms with Gasteiger partial charge in [0, 0.05) is 6.54 Å². The maximum atomic E-state index is 12.8. The molecule has 0 bridgehead atoms. The number of aromatic carboxylic acids is 1. The van der Waals surface area contributed by atoms with Crippen LogP contribution in [0.15, 0.2) is 52.4 Å². The lowest BCUT2D eigenvalue weighted by molar-refractivity contribution is -0.139. The molecule has 1 amide bonds. The number of aliphatic carboxylic acids is 1. The number of carbonyl (C=O) groups is 3. The third-order valence-electron chi connectivity index (χ3n) is 4.15. The molecule has 2 aromatic rings. The van der Waals surface area contributed by atoms with Gasteiger partial charge in [-0.15, -0.1) is 0 Å². The number of carboxylic acid groups (broad SMARTS) is 2. The Morgan fingerprint density at radius 1 is 1.19 bits per heavy atom. The van der Waals surface area contributed by atoms with Crippen LogP contribution in [-0.2, 0) is 9.59 Å². The van der Waals surface area contributed by atoms with E-state index in [9.17, 15) is 14.4 Å². The summed E-state index contributed by atoms with van der Waals surface area (Å²) in [4.78, 5) is 40.8. The predicted molar refractivity (Wildman–Crippen MR) is 118 cm³/mol. The number of ether oxygens (including phenoxy) is 1. The maximum absolute atomic E-state index is 12.8. The second-order valence-corrected chi connectivity index (χ2v) is 7.70. The number of carboxylic acids is 2. The number of benzene rings is 2. The molecule has 0 aromatic heterocycles. The Labute approximate surface area is 186 Å². The summed E-state index contributed by atoms with van der Waals surface area (Å²) in [7, 11) is 0. The third kappa shape index (κ3) is 5.44. The van der Waals surface area contributed by atoms with Crippen LogP contribution in [0.1, 0.15) is 22.8 Å². The lowest BCUT2D eigenvalue weighted by Crippen LogP contribution is -2.28. The van der Waals surface area contributed by atoms with E-state index in [4.69, 9.17) is 26.6 Å². The zero-order valence-electron chi connectivity index (χ0n) is 16.2. The number of halogens is 1. The summed E-state index contributed by atoms with van der Waals surface area (Å²) in [6, 6.07) is 10.8. The Morgan fingerprint density at radius 3 is 2.48 bits per heavy atom. The average molecular weight is 461 g/mol.